The maximum Gasteiger partial charge on any atom is 0.123 e. The molecule has 3 heteroatoms. The molecule has 0 bridgehead atoms. The summed E-state index contributed by atoms with van der Waals surface area (Å²) in [7, 11) is 1.57. The number of hydrogen-bond donors (Lipinski definition) is 1. The predicted octanol–water partition coefficient (Wildman–Crippen LogP) is 3.02. The number of halogens is 1. The van der Waals surface area contributed by atoms with E-state index in [2.05, 4.69) is 6.92 Å². The Morgan fingerprint density at radius 1 is 1.47 bits per heavy atom. The predicted molar refractivity (Wildman–Crippen MR) is 59.4 cm³/mol. The van der Waals surface area contributed by atoms with Crippen LogP contribution in [0.5, 0.6) is 5.75 Å². The highest BCUT2D eigenvalue weighted by Crippen LogP contribution is 2.27. The van der Waals surface area contributed by atoms with Crippen LogP contribution in [0.3, 0.4) is 0 Å². The van der Waals surface area contributed by atoms with Gasteiger partial charge in [0, 0.05) is 11.6 Å². The summed E-state index contributed by atoms with van der Waals surface area (Å²) < 4.78 is 18.2. The van der Waals surface area contributed by atoms with Gasteiger partial charge < -0.3 is 10.5 Å². The van der Waals surface area contributed by atoms with Crippen LogP contribution in [0.2, 0.25) is 0 Å². The summed E-state index contributed by atoms with van der Waals surface area (Å²) in [6, 6.07) is 4.32. The topological polar surface area (TPSA) is 35.2 Å². The van der Waals surface area contributed by atoms with Crippen molar-refractivity contribution in [3.8, 4) is 5.75 Å². The van der Waals surface area contributed by atoms with Crippen molar-refractivity contribution >= 4 is 0 Å². The van der Waals surface area contributed by atoms with E-state index in [1.54, 1.807) is 13.2 Å². The number of rotatable bonds is 5. The molecule has 0 aliphatic heterocycles. The molecule has 0 amide bonds. The molecule has 84 valence electrons. The van der Waals surface area contributed by atoms with E-state index in [9.17, 15) is 4.39 Å². The lowest BCUT2D eigenvalue weighted by molar-refractivity contribution is 0.402. The highest BCUT2D eigenvalue weighted by Gasteiger charge is 2.12. The summed E-state index contributed by atoms with van der Waals surface area (Å²) in [6.07, 6.45) is 2.99. The molecule has 2 nitrogen and oxygen atoms in total. The van der Waals surface area contributed by atoms with Crippen LogP contribution in [0.25, 0.3) is 0 Å². The zero-order valence-corrected chi connectivity index (χ0v) is 9.29. The van der Waals surface area contributed by atoms with Crippen LogP contribution in [-0.4, -0.2) is 7.11 Å². The van der Waals surface area contributed by atoms with Crippen LogP contribution in [0, 0.1) is 5.82 Å². The number of hydrogen-bond acceptors (Lipinski definition) is 2. The third kappa shape index (κ3) is 3.20. The summed E-state index contributed by atoms with van der Waals surface area (Å²) >= 11 is 0. The molecule has 15 heavy (non-hydrogen) atoms. The lowest BCUT2D eigenvalue weighted by Crippen LogP contribution is -2.11. The fourth-order valence-corrected chi connectivity index (χ4v) is 1.57. The van der Waals surface area contributed by atoms with Crippen LogP contribution in [-0.2, 0) is 0 Å². The van der Waals surface area contributed by atoms with Crippen molar-refractivity contribution in [2.75, 3.05) is 7.11 Å². The molecule has 1 rings (SSSR count). The fourth-order valence-electron chi connectivity index (χ4n) is 1.57. The first kappa shape index (κ1) is 12.0. The van der Waals surface area contributed by atoms with Crippen molar-refractivity contribution in [1.82, 2.24) is 0 Å². The molecule has 0 radical (unpaired) electrons. The average molecular weight is 211 g/mol. The van der Waals surface area contributed by atoms with Crippen LogP contribution in [0.1, 0.15) is 37.8 Å². The lowest BCUT2D eigenvalue weighted by Gasteiger charge is -2.15. The Labute approximate surface area is 90.2 Å². The van der Waals surface area contributed by atoms with Gasteiger partial charge in [-0.1, -0.05) is 19.8 Å². The van der Waals surface area contributed by atoms with Crippen molar-refractivity contribution in [2.45, 2.75) is 32.2 Å². The molecular weight excluding hydrogens is 193 g/mol. The molecule has 2 N–H and O–H groups in total. The minimum Gasteiger partial charge on any atom is -0.496 e. The summed E-state index contributed by atoms with van der Waals surface area (Å²) in [4.78, 5) is 0. The summed E-state index contributed by atoms with van der Waals surface area (Å²) in [5.41, 5.74) is 6.74. The average Bonchev–Trinajstić information content (AvgIpc) is 2.25. The summed E-state index contributed by atoms with van der Waals surface area (Å²) in [5.74, 6) is 0.401. The Hall–Kier alpha value is -1.09. The van der Waals surface area contributed by atoms with Crippen molar-refractivity contribution in [2.24, 2.45) is 5.73 Å². The van der Waals surface area contributed by atoms with Gasteiger partial charge in [-0.2, -0.15) is 0 Å². The zero-order valence-electron chi connectivity index (χ0n) is 9.29. The molecule has 1 aromatic carbocycles. The standard InChI is InChI=1S/C12H18FNO/c1-3-4-5-11(14)10-8-9(13)6-7-12(10)15-2/h6-8,11H,3-5,14H2,1-2H3. The van der Waals surface area contributed by atoms with E-state index < -0.39 is 0 Å². The Balaban J connectivity index is 2.85. The van der Waals surface area contributed by atoms with Crippen LogP contribution in [0.4, 0.5) is 4.39 Å². The van der Waals surface area contributed by atoms with Crippen molar-refractivity contribution < 1.29 is 9.13 Å². The molecule has 1 aromatic rings. The number of benzene rings is 1. The maximum atomic E-state index is 13.1. The second-order valence-electron chi connectivity index (χ2n) is 3.63. The first-order chi connectivity index (χ1) is 7.19. The van der Waals surface area contributed by atoms with E-state index in [1.165, 1.54) is 12.1 Å². The van der Waals surface area contributed by atoms with E-state index >= 15 is 0 Å². The first-order valence-corrected chi connectivity index (χ1v) is 5.28. The Bertz CT molecular complexity index is 314. The number of ether oxygens (including phenoxy) is 1. The van der Waals surface area contributed by atoms with E-state index in [0.717, 1.165) is 24.8 Å². The van der Waals surface area contributed by atoms with Gasteiger partial charge in [0.15, 0.2) is 0 Å². The largest absolute Gasteiger partial charge is 0.496 e. The number of unbranched alkanes of at least 4 members (excludes halogenated alkanes) is 1. The molecule has 0 saturated heterocycles. The SMILES string of the molecule is CCCCC(N)c1cc(F)ccc1OC. The third-order valence-electron chi connectivity index (χ3n) is 2.46. The molecule has 0 aliphatic carbocycles. The van der Waals surface area contributed by atoms with Crippen LogP contribution in [0.15, 0.2) is 18.2 Å². The van der Waals surface area contributed by atoms with Gasteiger partial charge in [-0.15, -0.1) is 0 Å². The van der Waals surface area contributed by atoms with Gasteiger partial charge in [-0.05, 0) is 24.6 Å². The van der Waals surface area contributed by atoms with E-state index in [-0.39, 0.29) is 11.9 Å². The number of methoxy groups -OCH3 is 1. The van der Waals surface area contributed by atoms with Gasteiger partial charge in [-0.3, -0.25) is 0 Å². The highest BCUT2D eigenvalue weighted by atomic mass is 19.1. The maximum absolute atomic E-state index is 13.1. The Kier molecular flexibility index (Phi) is 4.56. The molecule has 0 aliphatic rings. The van der Waals surface area contributed by atoms with Gasteiger partial charge in [0.2, 0.25) is 0 Å². The van der Waals surface area contributed by atoms with Gasteiger partial charge in [-0.25, -0.2) is 4.39 Å². The molecule has 0 aromatic heterocycles. The van der Waals surface area contributed by atoms with Gasteiger partial charge in [0.1, 0.15) is 11.6 Å². The normalized spacial score (nSPS) is 12.5. The van der Waals surface area contributed by atoms with Gasteiger partial charge >= 0.3 is 0 Å². The molecule has 0 saturated carbocycles. The second kappa shape index (κ2) is 5.71. The van der Waals surface area contributed by atoms with E-state index in [0.29, 0.717) is 5.75 Å². The highest BCUT2D eigenvalue weighted by molar-refractivity contribution is 5.36. The monoisotopic (exact) mass is 211 g/mol. The third-order valence-corrected chi connectivity index (χ3v) is 2.46. The first-order valence-electron chi connectivity index (χ1n) is 5.28. The molecule has 0 heterocycles. The molecular formula is C12H18FNO. The number of nitrogens with two attached hydrogens (primary N) is 1. The Morgan fingerprint density at radius 3 is 2.80 bits per heavy atom. The lowest BCUT2D eigenvalue weighted by atomic mass is 10.0. The zero-order chi connectivity index (χ0) is 11.3. The van der Waals surface area contributed by atoms with E-state index in [1.807, 2.05) is 0 Å². The van der Waals surface area contributed by atoms with Crippen molar-refractivity contribution in [3.05, 3.63) is 29.6 Å². The molecule has 1 unspecified atom stereocenters. The summed E-state index contributed by atoms with van der Waals surface area (Å²) in [5, 5.41) is 0. The van der Waals surface area contributed by atoms with Crippen molar-refractivity contribution in [3.63, 3.8) is 0 Å². The molecule has 0 spiro atoms. The molecule has 0 fully saturated rings. The van der Waals surface area contributed by atoms with Gasteiger partial charge in [0.25, 0.3) is 0 Å². The Morgan fingerprint density at radius 2 is 2.20 bits per heavy atom. The van der Waals surface area contributed by atoms with Crippen LogP contribution < -0.4 is 10.5 Å². The van der Waals surface area contributed by atoms with Crippen molar-refractivity contribution in [1.29, 1.82) is 0 Å². The summed E-state index contributed by atoms with van der Waals surface area (Å²) in [6.45, 7) is 2.11. The minimum absolute atomic E-state index is 0.143. The minimum atomic E-state index is -0.266. The van der Waals surface area contributed by atoms with Gasteiger partial charge in [0.05, 0.1) is 7.11 Å². The second-order valence-corrected chi connectivity index (χ2v) is 3.63. The smallest absolute Gasteiger partial charge is 0.123 e. The quantitative estimate of drug-likeness (QED) is 0.812. The molecule has 1 atom stereocenters. The fraction of sp³-hybridized carbons (Fsp3) is 0.500. The van der Waals surface area contributed by atoms with Crippen LogP contribution >= 0.6 is 0 Å². The van der Waals surface area contributed by atoms with E-state index in [4.69, 9.17) is 10.5 Å².